The Kier molecular flexibility index (Phi) is 6.73. The molecule has 3 heteroatoms. The molecule has 0 aliphatic rings. The van der Waals surface area contributed by atoms with Gasteiger partial charge in [0, 0.05) is 13.5 Å². The van der Waals surface area contributed by atoms with Gasteiger partial charge in [-0.1, -0.05) is 55.8 Å². The van der Waals surface area contributed by atoms with E-state index in [1.54, 1.807) is 6.07 Å². The molecule has 0 aliphatic carbocycles. The van der Waals surface area contributed by atoms with Crippen LogP contribution in [0, 0.1) is 18.8 Å². The van der Waals surface area contributed by atoms with Gasteiger partial charge in [-0.3, -0.25) is 0 Å². The van der Waals surface area contributed by atoms with Crippen molar-refractivity contribution in [3.63, 3.8) is 0 Å². The molecule has 0 bridgehead atoms. The van der Waals surface area contributed by atoms with Crippen molar-refractivity contribution >= 4 is 0 Å². The summed E-state index contributed by atoms with van der Waals surface area (Å²) in [5, 5.41) is 3.08. The molecule has 1 rings (SSSR count). The number of benzene rings is 1. The van der Waals surface area contributed by atoms with E-state index in [0.29, 0.717) is 18.0 Å². The van der Waals surface area contributed by atoms with E-state index >= 15 is 0 Å². The van der Waals surface area contributed by atoms with Crippen molar-refractivity contribution in [2.75, 3.05) is 6.54 Å². The number of rotatable bonds is 8. The molecule has 1 nitrogen and oxygen atoms in total. The molecular weight excluding hydrogens is 280 g/mol. The van der Waals surface area contributed by atoms with Crippen molar-refractivity contribution in [2.24, 2.45) is 11.8 Å². The molecule has 0 fully saturated rings. The Balaban J connectivity index is 2.89. The van der Waals surface area contributed by atoms with E-state index < -0.39 is 12.0 Å². The number of aryl methyl sites for hydroxylation is 1. The molecule has 1 aromatic carbocycles. The summed E-state index contributed by atoms with van der Waals surface area (Å²) in [6.07, 6.45) is 0.957. The first kappa shape index (κ1) is 18.8. The van der Waals surface area contributed by atoms with Gasteiger partial charge in [-0.25, -0.2) is 8.78 Å². The van der Waals surface area contributed by atoms with Crippen molar-refractivity contribution in [1.29, 1.82) is 0 Å². The van der Waals surface area contributed by atoms with E-state index in [2.05, 4.69) is 25.7 Å². The molecular formula is C19H29F2N. The maximum absolute atomic E-state index is 14.0. The summed E-state index contributed by atoms with van der Waals surface area (Å²) in [5.74, 6) is -2.08. The zero-order valence-corrected chi connectivity index (χ0v) is 14.4. The molecule has 0 amide bonds. The highest BCUT2D eigenvalue weighted by molar-refractivity contribution is 5.26. The second-order valence-corrected chi connectivity index (χ2v) is 6.88. The van der Waals surface area contributed by atoms with Gasteiger partial charge in [-0.05, 0) is 37.7 Å². The smallest absolute Gasteiger partial charge is 0.264 e. The van der Waals surface area contributed by atoms with Gasteiger partial charge in [-0.2, -0.15) is 0 Å². The van der Waals surface area contributed by atoms with E-state index in [0.717, 1.165) is 24.5 Å². The quantitative estimate of drug-likeness (QED) is 0.623. The number of hydrogen-bond acceptors (Lipinski definition) is 1. The third kappa shape index (κ3) is 5.88. The first-order valence-electron chi connectivity index (χ1n) is 7.94. The normalized spacial score (nSPS) is 14.9. The predicted molar refractivity (Wildman–Crippen MR) is 90.3 cm³/mol. The number of alkyl halides is 2. The molecule has 22 heavy (non-hydrogen) atoms. The Morgan fingerprint density at radius 2 is 1.95 bits per heavy atom. The Hall–Kier alpha value is -1.22. The molecule has 1 aromatic rings. The summed E-state index contributed by atoms with van der Waals surface area (Å²) in [5.41, 5.74) is 2.67. The summed E-state index contributed by atoms with van der Waals surface area (Å²) in [7, 11) is 0. The van der Waals surface area contributed by atoms with Crippen LogP contribution in [-0.4, -0.2) is 12.5 Å². The highest BCUT2D eigenvalue weighted by Crippen LogP contribution is 2.32. The molecule has 0 radical (unpaired) electrons. The van der Waals surface area contributed by atoms with Crippen molar-refractivity contribution in [3.8, 4) is 0 Å². The van der Waals surface area contributed by atoms with Crippen LogP contribution in [0.2, 0.25) is 0 Å². The standard InChI is InChI=1S/C19H29F2N/c1-13(2)10-17(14(3)4)12-22-18(19(6,20)21)16-9-7-8-15(5)11-16/h7-9,11,13,17-18,22H,3,10,12H2,1-2,4-6H3. The summed E-state index contributed by atoms with van der Waals surface area (Å²) in [6.45, 7) is 13.7. The summed E-state index contributed by atoms with van der Waals surface area (Å²) >= 11 is 0. The number of hydrogen-bond donors (Lipinski definition) is 1. The topological polar surface area (TPSA) is 12.0 Å². The maximum Gasteiger partial charge on any atom is 0.264 e. The van der Waals surface area contributed by atoms with Gasteiger partial charge in [0.15, 0.2) is 0 Å². The van der Waals surface area contributed by atoms with Crippen LogP contribution < -0.4 is 5.32 Å². The fourth-order valence-electron chi connectivity index (χ4n) is 2.73. The SMILES string of the molecule is C=C(C)C(CNC(c1cccc(C)c1)C(C)(F)F)CC(C)C. The van der Waals surface area contributed by atoms with E-state index in [1.807, 2.05) is 32.0 Å². The van der Waals surface area contributed by atoms with Gasteiger partial charge in [0.1, 0.15) is 0 Å². The molecule has 0 saturated heterocycles. The molecule has 2 unspecified atom stereocenters. The van der Waals surface area contributed by atoms with E-state index in [1.165, 1.54) is 0 Å². The Morgan fingerprint density at radius 3 is 2.41 bits per heavy atom. The largest absolute Gasteiger partial charge is 0.304 e. The molecule has 0 heterocycles. The lowest BCUT2D eigenvalue weighted by Crippen LogP contribution is -2.38. The van der Waals surface area contributed by atoms with Gasteiger partial charge in [-0.15, -0.1) is 0 Å². The highest BCUT2D eigenvalue weighted by Gasteiger charge is 2.35. The molecule has 2 atom stereocenters. The zero-order valence-electron chi connectivity index (χ0n) is 14.4. The predicted octanol–water partition coefficient (Wildman–Crippen LogP) is 5.52. The number of halogens is 2. The van der Waals surface area contributed by atoms with Gasteiger partial charge < -0.3 is 5.32 Å². The van der Waals surface area contributed by atoms with E-state index in [9.17, 15) is 8.78 Å². The molecule has 0 spiro atoms. The minimum atomic E-state index is -2.81. The van der Waals surface area contributed by atoms with Crippen LogP contribution in [0.15, 0.2) is 36.4 Å². The van der Waals surface area contributed by atoms with Crippen molar-refractivity contribution in [2.45, 2.75) is 53.0 Å². The monoisotopic (exact) mass is 309 g/mol. The third-order valence-electron chi connectivity index (χ3n) is 3.90. The lowest BCUT2D eigenvalue weighted by molar-refractivity contribution is -0.0204. The maximum atomic E-state index is 14.0. The summed E-state index contributed by atoms with van der Waals surface area (Å²) in [6, 6.07) is 6.37. The van der Waals surface area contributed by atoms with E-state index in [4.69, 9.17) is 0 Å². The second-order valence-electron chi connectivity index (χ2n) is 6.88. The average Bonchev–Trinajstić information content (AvgIpc) is 2.35. The van der Waals surface area contributed by atoms with Crippen molar-refractivity contribution in [1.82, 2.24) is 5.32 Å². The molecule has 1 N–H and O–H groups in total. The Bertz CT molecular complexity index is 488. The van der Waals surface area contributed by atoms with Crippen LogP contribution in [0.25, 0.3) is 0 Å². The first-order chi connectivity index (χ1) is 10.1. The average molecular weight is 309 g/mol. The Labute approximate surface area is 133 Å². The number of nitrogens with one attached hydrogen (secondary N) is 1. The van der Waals surface area contributed by atoms with Crippen LogP contribution >= 0.6 is 0 Å². The van der Waals surface area contributed by atoms with Crippen LogP contribution in [-0.2, 0) is 0 Å². The van der Waals surface area contributed by atoms with Crippen molar-refractivity contribution in [3.05, 3.63) is 47.5 Å². The van der Waals surface area contributed by atoms with Gasteiger partial charge >= 0.3 is 0 Å². The molecule has 124 valence electrons. The zero-order chi connectivity index (χ0) is 16.9. The van der Waals surface area contributed by atoms with Crippen LogP contribution in [0.1, 0.15) is 51.3 Å². The minimum Gasteiger partial charge on any atom is -0.304 e. The second kappa shape index (κ2) is 7.87. The third-order valence-corrected chi connectivity index (χ3v) is 3.90. The minimum absolute atomic E-state index is 0.217. The van der Waals surface area contributed by atoms with Gasteiger partial charge in [0.05, 0.1) is 6.04 Å². The van der Waals surface area contributed by atoms with Crippen molar-refractivity contribution < 1.29 is 8.78 Å². The highest BCUT2D eigenvalue weighted by atomic mass is 19.3. The fraction of sp³-hybridized carbons (Fsp3) is 0.579. The van der Waals surface area contributed by atoms with Crippen LogP contribution in [0.3, 0.4) is 0 Å². The first-order valence-corrected chi connectivity index (χ1v) is 7.94. The lowest BCUT2D eigenvalue weighted by Gasteiger charge is -2.28. The van der Waals surface area contributed by atoms with Crippen LogP contribution in [0.4, 0.5) is 8.78 Å². The molecule has 0 saturated carbocycles. The van der Waals surface area contributed by atoms with Crippen LogP contribution in [0.5, 0.6) is 0 Å². The Morgan fingerprint density at radius 1 is 1.32 bits per heavy atom. The summed E-state index contributed by atoms with van der Waals surface area (Å²) in [4.78, 5) is 0. The van der Waals surface area contributed by atoms with E-state index in [-0.39, 0.29) is 5.92 Å². The lowest BCUT2D eigenvalue weighted by atomic mass is 9.90. The molecule has 0 aliphatic heterocycles. The van der Waals surface area contributed by atoms with Gasteiger partial charge in [0.2, 0.25) is 0 Å². The molecule has 0 aromatic heterocycles. The fourth-order valence-corrected chi connectivity index (χ4v) is 2.73. The summed E-state index contributed by atoms with van der Waals surface area (Å²) < 4.78 is 28.1. The van der Waals surface area contributed by atoms with Gasteiger partial charge in [0.25, 0.3) is 5.92 Å².